The summed E-state index contributed by atoms with van der Waals surface area (Å²) in [5, 5.41) is 6.46. The molecule has 1 amide bonds. The van der Waals surface area contributed by atoms with Crippen LogP contribution in [-0.4, -0.2) is 48.1 Å². The average Bonchev–Trinajstić information content (AvgIpc) is 3.20. The molecule has 1 atom stereocenters. The van der Waals surface area contributed by atoms with E-state index in [2.05, 4.69) is 50.2 Å². The van der Waals surface area contributed by atoms with Crippen molar-refractivity contribution in [2.45, 2.75) is 57.4 Å². The summed E-state index contributed by atoms with van der Waals surface area (Å²) in [6, 6.07) is 5.52. The van der Waals surface area contributed by atoms with Crippen molar-refractivity contribution in [3.8, 4) is 5.75 Å². The molecule has 1 aromatic carbocycles. The lowest BCUT2D eigenvalue weighted by atomic mass is 9.85. The fourth-order valence-corrected chi connectivity index (χ4v) is 4.50. The zero-order valence-electron chi connectivity index (χ0n) is 19.2. The molecule has 0 saturated heterocycles. The van der Waals surface area contributed by atoms with Crippen LogP contribution in [0.25, 0.3) is 0 Å². The zero-order chi connectivity index (χ0) is 25.7. The Kier molecular flexibility index (Phi) is 9.32. The van der Waals surface area contributed by atoms with Gasteiger partial charge in [-0.25, -0.2) is 4.79 Å². The van der Waals surface area contributed by atoms with Gasteiger partial charge in [-0.15, -0.1) is 0 Å². The molecular weight excluding hydrogens is 592 g/mol. The van der Waals surface area contributed by atoms with Gasteiger partial charge in [-0.05, 0) is 38.5 Å². The number of halogens is 4. The minimum atomic E-state index is -4.28. The normalized spacial score (nSPS) is 16.1. The molecule has 0 saturated carbocycles. The number of fused-ring (bicyclic) bond motifs is 1. The second-order valence-electron chi connectivity index (χ2n) is 8.56. The molecule has 3 rings (SSSR count). The summed E-state index contributed by atoms with van der Waals surface area (Å²) in [6.07, 6.45) is -3.06. The van der Waals surface area contributed by atoms with Crippen molar-refractivity contribution in [3.05, 3.63) is 34.6 Å². The van der Waals surface area contributed by atoms with Crippen LogP contribution in [0.15, 0.2) is 27.5 Å². The van der Waals surface area contributed by atoms with Gasteiger partial charge in [0.15, 0.2) is 11.4 Å². The van der Waals surface area contributed by atoms with Crippen molar-refractivity contribution in [2.75, 3.05) is 23.3 Å². The zero-order valence-corrected chi connectivity index (χ0v) is 22.1. The molecule has 9 nitrogen and oxygen atoms in total. The number of aromatic amines is 1. The van der Waals surface area contributed by atoms with E-state index in [1.54, 1.807) is 15.2 Å². The highest BCUT2D eigenvalue weighted by Gasteiger charge is 2.47. The van der Waals surface area contributed by atoms with Gasteiger partial charge in [0.05, 0.1) is 12.2 Å². The van der Waals surface area contributed by atoms with E-state index in [9.17, 15) is 22.8 Å². The predicted molar refractivity (Wildman–Crippen MR) is 131 cm³/mol. The number of hydrogen-bond donors (Lipinski definition) is 2. The summed E-state index contributed by atoms with van der Waals surface area (Å²) in [4.78, 5) is 24.5. The largest absolute Gasteiger partial charge is 0.486 e. The number of nitrogens with one attached hydrogen (secondary N) is 2. The van der Waals surface area contributed by atoms with Crippen molar-refractivity contribution in [3.63, 3.8) is 0 Å². The standard InChI is InChI=1S/C15H17IN4O4S.C5H9F3O/c1-15(2,13-18-14(22)24-19-13)6-10-7-20(25-16)11-5-9(17-8-21)3-4-12(11)23-10;1-4(2,9-3)5(6,7)8/h3-5,8,10H,6-7H2,1-2H3,(H,17,21)(H,18,19,22);1-3H3. The Morgan fingerprint density at radius 1 is 1.35 bits per heavy atom. The van der Waals surface area contributed by atoms with E-state index in [4.69, 9.17) is 4.74 Å². The quantitative estimate of drug-likeness (QED) is 0.258. The number of amides is 1. The highest BCUT2D eigenvalue weighted by molar-refractivity contribution is 14.2. The summed E-state index contributed by atoms with van der Waals surface area (Å²) in [5.41, 5.74) is -0.802. The molecule has 1 unspecified atom stereocenters. The second kappa shape index (κ2) is 11.2. The van der Waals surface area contributed by atoms with Crippen molar-refractivity contribution < 1.29 is 32.0 Å². The van der Waals surface area contributed by atoms with Gasteiger partial charge in [-0.2, -0.15) is 13.2 Å². The highest BCUT2D eigenvalue weighted by Crippen LogP contribution is 2.42. The molecule has 0 bridgehead atoms. The number of benzene rings is 1. The molecule has 0 radical (unpaired) electrons. The van der Waals surface area contributed by atoms with Crippen LogP contribution in [0, 0.1) is 0 Å². The molecule has 2 heterocycles. The van der Waals surface area contributed by atoms with E-state index in [-0.39, 0.29) is 6.10 Å². The van der Waals surface area contributed by atoms with Gasteiger partial charge < -0.3 is 19.1 Å². The Hall–Kier alpha value is -1.94. The lowest BCUT2D eigenvalue weighted by Crippen LogP contribution is -2.40. The first-order chi connectivity index (χ1) is 15.7. The number of ether oxygens (including phenoxy) is 2. The Labute approximate surface area is 210 Å². The van der Waals surface area contributed by atoms with Gasteiger partial charge in [-0.3, -0.25) is 14.3 Å². The van der Waals surface area contributed by atoms with E-state index >= 15 is 0 Å². The Bertz CT molecular complexity index is 1030. The van der Waals surface area contributed by atoms with Crippen LogP contribution < -0.4 is 20.1 Å². The summed E-state index contributed by atoms with van der Waals surface area (Å²) >= 11 is 2.22. The van der Waals surface area contributed by atoms with Crippen LogP contribution in [0.1, 0.15) is 39.9 Å². The predicted octanol–water partition coefficient (Wildman–Crippen LogP) is 4.84. The van der Waals surface area contributed by atoms with Gasteiger partial charge in [-0.1, -0.05) is 19.0 Å². The molecule has 14 heteroatoms. The van der Waals surface area contributed by atoms with Crippen LogP contribution in [0.3, 0.4) is 0 Å². The molecule has 34 heavy (non-hydrogen) atoms. The fraction of sp³-hybridized carbons (Fsp3) is 0.550. The molecule has 1 aliphatic heterocycles. The number of rotatable bonds is 7. The van der Waals surface area contributed by atoms with E-state index in [0.717, 1.165) is 32.4 Å². The molecule has 0 fully saturated rings. The van der Waals surface area contributed by atoms with E-state index in [1.165, 1.54) is 0 Å². The van der Waals surface area contributed by atoms with Crippen molar-refractivity contribution in [1.29, 1.82) is 0 Å². The number of methoxy groups -OCH3 is 1. The van der Waals surface area contributed by atoms with Crippen LogP contribution in [0.5, 0.6) is 5.75 Å². The topological polar surface area (TPSA) is 110 Å². The Balaban J connectivity index is 0.000000387. The number of nitrogens with zero attached hydrogens (tertiary/aromatic N) is 2. The molecule has 190 valence electrons. The van der Waals surface area contributed by atoms with Gasteiger partial charge in [0.1, 0.15) is 11.9 Å². The number of hydrogen-bond acceptors (Lipinski definition) is 8. The van der Waals surface area contributed by atoms with Crippen molar-refractivity contribution in [2.24, 2.45) is 0 Å². The average molecular weight is 618 g/mol. The molecule has 1 aliphatic rings. The number of carbonyl (C=O) groups is 1. The molecular formula is C20H26F3IN4O5S. The maximum absolute atomic E-state index is 11.7. The van der Waals surface area contributed by atoms with Gasteiger partial charge in [0.25, 0.3) is 0 Å². The monoisotopic (exact) mass is 618 g/mol. The molecule has 2 aromatic rings. The van der Waals surface area contributed by atoms with Gasteiger partial charge in [0.2, 0.25) is 6.41 Å². The third-order valence-corrected chi connectivity index (χ3v) is 7.15. The van der Waals surface area contributed by atoms with Crippen LogP contribution in [0.4, 0.5) is 24.5 Å². The van der Waals surface area contributed by atoms with Crippen LogP contribution >= 0.6 is 30.3 Å². The number of carbonyl (C=O) groups excluding carboxylic acids is 1. The second-order valence-corrected chi connectivity index (χ2v) is 10.3. The SMILES string of the molecule is CC(C)(CC1CN(SI)c2cc(NC=O)ccc2O1)c1noc(=O)[nH]1.COC(C)(C)C(F)(F)F. The van der Waals surface area contributed by atoms with Crippen molar-refractivity contribution in [1.82, 2.24) is 10.1 Å². The minimum absolute atomic E-state index is 0.0881. The van der Waals surface area contributed by atoms with Gasteiger partial charge in [0, 0.05) is 48.5 Å². The summed E-state index contributed by atoms with van der Waals surface area (Å²) < 4.78 is 52.2. The molecule has 0 spiro atoms. The summed E-state index contributed by atoms with van der Waals surface area (Å²) in [7, 11) is 2.60. The summed E-state index contributed by atoms with van der Waals surface area (Å²) in [5.74, 6) is 0.699. The minimum Gasteiger partial charge on any atom is -0.486 e. The molecule has 2 N–H and O–H groups in total. The third kappa shape index (κ3) is 7.04. The maximum Gasteiger partial charge on any atom is 0.438 e. The lowest BCUT2D eigenvalue weighted by molar-refractivity contribution is -0.255. The first-order valence-electron chi connectivity index (χ1n) is 9.99. The number of H-pyrrole nitrogens is 1. The van der Waals surface area contributed by atoms with Gasteiger partial charge >= 0.3 is 11.9 Å². The lowest BCUT2D eigenvalue weighted by Gasteiger charge is -2.37. The van der Waals surface area contributed by atoms with Crippen LogP contribution in [-0.2, 0) is 14.9 Å². The molecule has 1 aromatic heterocycles. The highest BCUT2D eigenvalue weighted by atomic mass is 127. The molecule has 0 aliphatic carbocycles. The van der Waals surface area contributed by atoms with Crippen LogP contribution in [0.2, 0.25) is 0 Å². The smallest absolute Gasteiger partial charge is 0.438 e. The first kappa shape index (κ1) is 28.3. The number of anilines is 2. The van der Waals surface area contributed by atoms with E-state index < -0.39 is 22.9 Å². The van der Waals surface area contributed by atoms with E-state index in [1.807, 2.05) is 26.0 Å². The third-order valence-electron chi connectivity index (χ3n) is 5.21. The number of alkyl halides is 3. The van der Waals surface area contributed by atoms with E-state index in [0.29, 0.717) is 30.9 Å². The Morgan fingerprint density at radius 3 is 2.50 bits per heavy atom. The Morgan fingerprint density at radius 2 is 2.03 bits per heavy atom. The van der Waals surface area contributed by atoms with Crippen molar-refractivity contribution >= 4 is 48.1 Å². The maximum atomic E-state index is 11.7. The fourth-order valence-electron chi connectivity index (χ4n) is 2.95. The first-order valence-corrected chi connectivity index (χ1v) is 13.3. The summed E-state index contributed by atoms with van der Waals surface area (Å²) in [6.45, 7) is 6.59. The number of aromatic nitrogens is 2.